The fourth-order valence-electron chi connectivity index (χ4n) is 4.51. The lowest BCUT2D eigenvalue weighted by Gasteiger charge is -2.36. The predicted octanol–water partition coefficient (Wildman–Crippen LogP) is 3.10. The van der Waals surface area contributed by atoms with E-state index in [-0.39, 0.29) is 5.91 Å². The fraction of sp³-hybridized carbons (Fsp3) is 0.478. The Balaban J connectivity index is 1.36. The van der Waals surface area contributed by atoms with E-state index in [1.807, 2.05) is 0 Å². The van der Waals surface area contributed by atoms with Crippen molar-refractivity contribution in [2.45, 2.75) is 39.5 Å². The molecule has 2 amide bonds. The average Bonchev–Trinajstić information content (AvgIpc) is 3.08. The molecular formula is C23H30N4O2S. The van der Waals surface area contributed by atoms with Crippen molar-refractivity contribution in [1.29, 1.82) is 0 Å². The molecule has 7 heteroatoms. The van der Waals surface area contributed by atoms with Gasteiger partial charge < -0.3 is 16.0 Å². The van der Waals surface area contributed by atoms with Crippen molar-refractivity contribution in [3.8, 4) is 0 Å². The molecule has 1 aliphatic carbocycles. The number of piperazine rings is 1. The minimum absolute atomic E-state index is 0.0729. The van der Waals surface area contributed by atoms with Crippen molar-refractivity contribution < 1.29 is 9.59 Å². The Bertz CT molecular complexity index is 960. The Morgan fingerprint density at radius 2 is 1.83 bits per heavy atom. The normalized spacial score (nSPS) is 16.9. The van der Waals surface area contributed by atoms with Crippen LogP contribution in [0.25, 0.3) is 0 Å². The molecule has 0 spiro atoms. The summed E-state index contributed by atoms with van der Waals surface area (Å²) in [5, 5.41) is 3.61. The first-order chi connectivity index (χ1) is 14.4. The number of anilines is 2. The largest absolute Gasteiger partial charge is 0.369 e. The Hall–Kier alpha value is -2.38. The lowest BCUT2D eigenvalue weighted by Crippen LogP contribution is -2.48. The molecule has 1 saturated heterocycles. The number of nitrogens with one attached hydrogen (secondary N) is 1. The van der Waals surface area contributed by atoms with Crippen molar-refractivity contribution >= 4 is 33.8 Å². The first kappa shape index (κ1) is 20.9. The van der Waals surface area contributed by atoms with E-state index >= 15 is 0 Å². The number of amides is 2. The first-order valence-electron chi connectivity index (χ1n) is 10.7. The van der Waals surface area contributed by atoms with Crippen LogP contribution in [0, 0.1) is 13.8 Å². The van der Waals surface area contributed by atoms with E-state index in [1.54, 1.807) is 0 Å². The molecule has 0 bridgehead atoms. The number of primary amides is 1. The van der Waals surface area contributed by atoms with Gasteiger partial charge in [0.2, 0.25) is 5.91 Å². The number of nitrogens with zero attached hydrogens (tertiary/aromatic N) is 2. The second-order valence-electron chi connectivity index (χ2n) is 8.31. The van der Waals surface area contributed by atoms with Gasteiger partial charge in [0.1, 0.15) is 5.00 Å². The standard InChI is InChI=1S/C23H30N4O2S/c1-15-6-5-8-18(16(15)2)27-12-10-26(11-13-27)14-20(28)25-23-21(22(24)29)17-7-3-4-9-19(17)30-23/h5-6,8H,3-4,7,9-14H2,1-2H3,(H2,24,29)(H,25,28). The van der Waals surface area contributed by atoms with Crippen molar-refractivity contribution in [2.75, 3.05) is 42.9 Å². The van der Waals surface area contributed by atoms with Crippen LogP contribution in [0.3, 0.4) is 0 Å². The van der Waals surface area contributed by atoms with Crippen LogP contribution in [0.5, 0.6) is 0 Å². The van der Waals surface area contributed by atoms with Gasteiger partial charge in [-0.25, -0.2) is 0 Å². The number of hydrogen-bond acceptors (Lipinski definition) is 5. The first-order valence-corrected chi connectivity index (χ1v) is 11.5. The van der Waals surface area contributed by atoms with Crippen molar-refractivity contribution in [3.05, 3.63) is 45.3 Å². The maximum absolute atomic E-state index is 12.7. The highest BCUT2D eigenvalue weighted by atomic mass is 32.1. The zero-order valence-corrected chi connectivity index (χ0v) is 18.6. The van der Waals surface area contributed by atoms with E-state index in [0.717, 1.165) is 57.4 Å². The highest BCUT2D eigenvalue weighted by molar-refractivity contribution is 7.17. The Kier molecular flexibility index (Phi) is 6.11. The van der Waals surface area contributed by atoms with Gasteiger partial charge in [-0.15, -0.1) is 11.3 Å². The lowest BCUT2D eigenvalue weighted by atomic mass is 9.95. The van der Waals surface area contributed by atoms with Gasteiger partial charge in [0.15, 0.2) is 0 Å². The zero-order valence-electron chi connectivity index (χ0n) is 17.8. The van der Waals surface area contributed by atoms with E-state index in [2.05, 4.69) is 47.2 Å². The van der Waals surface area contributed by atoms with Crippen LogP contribution in [-0.2, 0) is 17.6 Å². The molecule has 0 saturated carbocycles. The number of thiophene rings is 1. The number of rotatable bonds is 5. The van der Waals surface area contributed by atoms with E-state index in [1.165, 1.54) is 33.0 Å². The van der Waals surface area contributed by atoms with Crippen LogP contribution in [-0.4, -0.2) is 49.4 Å². The van der Waals surface area contributed by atoms with Crippen molar-refractivity contribution in [1.82, 2.24) is 4.90 Å². The van der Waals surface area contributed by atoms with Crippen molar-refractivity contribution in [2.24, 2.45) is 5.73 Å². The summed E-state index contributed by atoms with van der Waals surface area (Å²) in [6.07, 6.45) is 4.04. The number of carbonyl (C=O) groups excluding carboxylic acids is 2. The molecule has 30 heavy (non-hydrogen) atoms. The van der Waals surface area contributed by atoms with Crippen LogP contribution in [0.1, 0.15) is 44.8 Å². The zero-order chi connectivity index (χ0) is 21.3. The molecule has 6 nitrogen and oxygen atoms in total. The molecule has 2 heterocycles. The van der Waals surface area contributed by atoms with Gasteiger partial charge in [0.05, 0.1) is 12.1 Å². The fourth-order valence-corrected chi connectivity index (χ4v) is 5.82. The third kappa shape index (κ3) is 4.23. The number of hydrogen-bond donors (Lipinski definition) is 2. The SMILES string of the molecule is Cc1cccc(N2CCN(CC(=O)Nc3sc4c(c3C(N)=O)CCCC4)CC2)c1C. The van der Waals surface area contributed by atoms with Gasteiger partial charge in [-0.1, -0.05) is 12.1 Å². The maximum atomic E-state index is 12.7. The summed E-state index contributed by atoms with van der Waals surface area (Å²) in [4.78, 5) is 30.5. The average molecular weight is 427 g/mol. The third-order valence-electron chi connectivity index (χ3n) is 6.33. The Morgan fingerprint density at radius 1 is 1.10 bits per heavy atom. The topological polar surface area (TPSA) is 78.7 Å². The number of aryl methyl sites for hydroxylation is 2. The van der Waals surface area contributed by atoms with E-state index in [4.69, 9.17) is 5.73 Å². The minimum Gasteiger partial charge on any atom is -0.369 e. The minimum atomic E-state index is -0.438. The second-order valence-corrected chi connectivity index (χ2v) is 9.41. The van der Waals surface area contributed by atoms with Gasteiger partial charge in [-0.05, 0) is 62.3 Å². The molecule has 160 valence electrons. The molecule has 1 aliphatic heterocycles. The third-order valence-corrected chi connectivity index (χ3v) is 7.53. The molecule has 3 N–H and O–H groups in total. The molecule has 0 radical (unpaired) electrons. The highest BCUT2D eigenvalue weighted by Gasteiger charge is 2.26. The molecule has 1 fully saturated rings. The summed E-state index contributed by atoms with van der Waals surface area (Å²) in [5.74, 6) is -0.511. The molecule has 1 aromatic carbocycles. The highest BCUT2D eigenvalue weighted by Crippen LogP contribution is 2.37. The molecule has 0 unspecified atom stereocenters. The van der Waals surface area contributed by atoms with E-state index in [9.17, 15) is 9.59 Å². The summed E-state index contributed by atoms with van der Waals surface area (Å²) in [5.41, 5.74) is 11.1. The molecule has 1 aromatic heterocycles. The number of nitrogens with two attached hydrogens (primary N) is 1. The number of carbonyl (C=O) groups is 2. The van der Waals surface area contributed by atoms with Gasteiger partial charge >= 0.3 is 0 Å². The van der Waals surface area contributed by atoms with Gasteiger partial charge in [0.25, 0.3) is 5.91 Å². The van der Waals surface area contributed by atoms with Crippen LogP contribution >= 0.6 is 11.3 Å². The molecule has 2 aliphatic rings. The molecule has 4 rings (SSSR count). The van der Waals surface area contributed by atoms with Gasteiger partial charge in [-0.3, -0.25) is 14.5 Å². The van der Waals surface area contributed by atoms with E-state index < -0.39 is 5.91 Å². The summed E-state index contributed by atoms with van der Waals surface area (Å²) < 4.78 is 0. The smallest absolute Gasteiger partial charge is 0.251 e. The predicted molar refractivity (Wildman–Crippen MR) is 123 cm³/mol. The summed E-state index contributed by atoms with van der Waals surface area (Å²) in [6.45, 7) is 8.12. The van der Waals surface area contributed by atoms with Crippen LogP contribution in [0.4, 0.5) is 10.7 Å². The Morgan fingerprint density at radius 3 is 2.57 bits per heavy atom. The molecular weight excluding hydrogens is 396 g/mol. The van der Waals surface area contributed by atoms with Gasteiger partial charge in [-0.2, -0.15) is 0 Å². The quantitative estimate of drug-likeness (QED) is 0.770. The second kappa shape index (κ2) is 8.78. The molecule has 0 atom stereocenters. The molecule has 2 aromatic rings. The van der Waals surface area contributed by atoms with Crippen LogP contribution < -0.4 is 16.0 Å². The number of fused-ring (bicyclic) bond motifs is 1. The van der Waals surface area contributed by atoms with Crippen molar-refractivity contribution in [3.63, 3.8) is 0 Å². The summed E-state index contributed by atoms with van der Waals surface area (Å²) in [7, 11) is 0. The van der Waals surface area contributed by atoms with Crippen LogP contribution in [0.2, 0.25) is 0 Å². The summed E-state index contributed by atoms with van der Waals surface area (Å²) >= 11 is 1.52. The maximum Gasteiger partial charge on any atom is 0.251 e. The Labute approximate surface area is 182 Å². The van der Waals surface area contributed by atoms with E-state index in [0.29, 0.717) is 17.1 Å². The number of benzene rings is 1. The lowest BCUT2D eigenvalue weighted by molar-refractivity contribution is -0.117. The van der Waals surface area contributed by atoms with Crippen LogP contribution in [0.15, 0.2) is 18.2 Å². The summed E-state index contributed by atoms with van der Waals surface area (Å²) in [6, 6.07) is 6.42. The van der Waals surface area contributed by atoms with Gasteiger partial charge in [0, 0.05) is 36.7 Å². The monoisotopic (exact) mass is 426 g/mol.